The fraction of sp³-hybridized carbons (Fsp3) is 0.222. The molecule has 2 heterocycles. The number of amides is 1. The Labute approximate surface area is 156 Å². The van der Waals surface area contributed by atoms with E-state index in [0.29, 0.717) is 5.82 Å². The summed E-state index contributed by atoms with van der Waals surface area (Å²) < 4.78 is 40.9. The first-order valence-electron chi connectivity index (χ1n) is 8.08. The molecular formula is C18H19FN4O3S. The van der Waals surface area contributed by atoms with E-state index in [-0.39, 0.29) is 16.1 Å². The summed E-state index contributed by atoms with van der Waals surface area (Å²) >= 11 is 0. The van der Waals surface area contributed by atoms with Crippen molar-refractivity contribution >= 4 is 21.4 Å². The molecule has 0 saturated heterocycles. The first-order valence-corrected chi connectivity index (χ1v) is 9.97. The minimum absolute atomic E-state index is 0.0808. The molecule has 3 rings (SSSR count). The maximum Gasteiger partial charge on any atom is 0.261 e. The maximum absolute atomic E-state index is 14.1. The molecule has 0 fully saturated rings. The van der Waals surface area contributed by atoms with Crippen LogP contribution in [0.25, 0.3) is 5.82 Å². The number of sulfone groups is 1. The highest BCUT2D eigenvalue weighted by Gasteiger charge is 2.21. The number of rotatable bonds is 4. The number of nitrogens with zero attached hydrogens (tertiary/aromatic N) is 3. The van der Waals surface area contributed by atoms with Crippen LogP contribution in [0.15, 0.2) is 41.4 Å². The number of carbonyl (C=O) groups excluding carboxylic acids is 1. The molecule has 142 valence electrons. The third-order valence-corrected chi connectivity index (χ3v) is 5.36. The maximum atomic E-state index is 14.1. The molecule has 1 aromatic carbocycles. The van der Waals surface area contributed by atoms with Gasteiger partial charge < -0.3 is 9.88 Å². The van der Waals surface area contributed by atoms with Crippen LogP contribution < -0.4 is 5.32 Å². The lowest BCUT2D eigenvalue weighted by Gasteiger charge is -2.13. The summed E-state index contributed by atoms with van der Waals surface area (Å²) in [6.45, 7) is 3.80. The Bertz CT molecular complexity index is 1130. The zero-order valence-corrected chi connectivity index (χ0v) is 16.1. The quantitative estimate of drug-likeness (QED) is 0.694. The van der Waals surface area contributed by atoms with Gasteiger partial charge in [-0.2, -0.15) is 5.10 Å². The summed E-state index contributed by atoms with van der Waals surface area (Å²) in [4.78, 5) is 12.7. The SMILES string of the molecule is Cc1ccc(C)n1-c1c(C(=O)Nc2cc(S(C)(=O)=O)ccc2F)cnn1C. The molecule has 0 unspecified atom stereocenters. The Balaban J connectivity index is 2.03. The molecule has 1 amide bonds. The van der Waals surface area contributed by atoms with Crippen molar-refractivity contribution in [2.24, 2.45) is 7.05 Å². The fourth-order valence-electron chi connectivity index (χ4n) is 2.88. The van der Waals surface area contributed by atoms with Gasteiger partial charge in [0.2, 0.25) is 0 Å². The third kappa shape index (κ3) is 3.50. The third-order valence-electron chi connectivity index (χ3n) is 4.25. The van der Waals surface area contributed by atoms with Crippen LogP contribution in [0.4, 0.5) is 10.1 Å². The van der Waals surface area contributed by atoms with Crippen LogP contribution in [0.3, 0.4) is 0 Å². The summed E-state index contributed by atoms with van der Waals surface area (Å²) in [5.74, 6) is -0.781. The second-order valence-electron chi connectivity index (χ2n) is 6.32. The van der Waals surface area contributed by atoms with Crippen molar-refractivity contribution in [3.63, 3.8) is 0 Å². The standard InChI is InChI=1S/C18H19FN4O3S/c1-11-5-6-12(2)23(11)18-14(10-20-22(18)3)17(24)21-16-9-13(27(4,25)26)7-8-15(16)19/h5-10H,1-4H3,(H,21,24). The predicted molar refractivity (Wildman–Crippen MR) is 99.5 cm³/mol. The van der Waals surface area contributed by atoms with Crippen LogP contribution in [0.1, 0.15) is 21.7 Å². The summed E-state index contributed by atoms with van der Waals surface area (Å²) in [5.41, 5.74) is 1.86. The van der Waals surface area contributed by atoms with Gasteiger partial charge in [0.1, 0.15) is 17.2 Å². The summed E-state index contributed by atoms with van der Waals surface area (Å²) in [6, 6.07) is 7.10. The minimum Gasteiger partial charge on any atom is -0.319 e. The highest BCUT2D eigenvalue weighted by Crippen LogP contribution is 2.23. The Morgan fingerprint density at radius 3 is 2.37 bits per heavy atom. The molecule has 0 aliphatic rings. The molecule has 0 saturated carbocycles. The molecule has 2 aromatic heterocycles. The summed E-state index contributed by atoms with van der Waals surface area (Å²) in [7, 11) is -1.83. The van der Waals surface area contributed by atoms with Crippen molar-refractivity contribution in [1.82, 2.24) is 14.3 Å². The Hall–Kier alpha value is -2.94. The molecule has 7 nitrogen and oxygen atoms in total. The van der Waals surface area contributed by atoms with E-state index >= 15 is 0 Å². The van der Waals surface area contributed by atoms with Gasteiger partial charge in [0, 0.05) is 24.7 Å². The topological polar surface area (TPSA) is 86.0 Å². The average Bonchev–Trinajstić information content (AvgIpc) is 3.10. The summed E-state index contributed by atoms with van der Waals surface area (Å²) in [6.07, 6.45) is 2.41. The van der Waals surface area contributed by atoms with Crippen molar-refractivity contribution in [1.29, 1.82) is 0 Å². The molecule has 0 spiro atoms. The van der Waals surface area contributed by atoms with Gasteiger partial charge in [-0.1, -0.05) is 0 Å². The van der Waals surface area contributed by atoms with Crippen LogP contribution in [-0.4, -0.2) is 34.9 Å². The number of carbonyl (C=O) groups is 1. The first-order chi connectivity index (χ1) is 12.6. The van der Waals surface area contributed by atoms with Crippen molar-refractivity contribution in [3.8, 4) is 5.82 Å². The molecule has 27 heavy (non-hydrogen) atoms. The van der Waals surface area contributed by atoms with Crippen LogP contribution in [0, 0.1) is 19.7 Å². The zero-order valence-electron chi connectivity index (χ0n) is 15.3. The van der Waals surface area contributed by atoms with Gasteiger partial charge >= 0.3 is 0 Å². The van der Waals surface area contributed by atoms with Crippen LogP contribution >= 0.6 is 0 Å². The van der Waals surface area contributed by atoms with Crippen LogP contribution in [-0.2, 0) is 16.9 Å². The molecule has 0 aliphatic carbocycles. The van der Waals surface area contributed by atoms with E-state index in [0.717, 1.165) is 35.8 Å². The number of aryl methyl sites for hydroxylation is 3. The van der Waals surface area contributed by atoms with E-state index in [1.54, 1.807) is 11.7 Å². The van der Waals surface area contributed by atoms with Gasteiger partial charge in [-0.3, -0.25) is 9.48 Å². The van der Waals surface area contributed by atoms with E-state index in [4.69, 9.17) is 0 Å². The number of nitrogens with one attached hydrogen (secondary N) is 1. The normalized spacial score (nSPS) is 11.6. The Kier molecular flexibility index (Phi) is 4.64. The summed E-state index contributed by atoms with van der Waals surface area (Å²) in [5, 5.41) is 6.59. The average molecular weight is 390 g/mol. The predicted octanol–water partition coefficient (Wildman–Crippen LogP) is 2.62. The van der Waals surface area contributed by atoms with E-state index in [1.807, 2.05) is 30.5 Å². The highest BCUT2D eigenvalue weighted by molar-refractivity contribution is 7.90. The lowest BCUT2D eigenvalue weighted by Crippen LogP contribution is -2.17. The Morgan fingerprint density at radius 2 is 1.78 bits per heavy atom. The molecule has 1 N–H and O–H groups in total. The first kappa shape index (κ1) is 18.8. The smallest absolute Gasteiger partial charge is 0.261 e. The lowest BCUT2D eigenvalue weighted by molar-refractivity contribution is 0.102. The van der Waals surface area contributed by atoms with Gasteiger partial charge in [-0.15, -0.1) is 0 Å². The Morgan fingerprint density at radius 1 is 1.15 bits per heavy atom. The van der Waals surface area contributed by atoms with Gasteiger partial charge in [-0.25, -0.2) is 12.8 Å². The number of benzene rings is 1. The van der Waals surface area contributed by atoms with Gasteiger partial charge in [0.25, 0.3) is 5.91 Å². The fourth-order valence-corrected chi connectivity index (χ4v) is 3.53. The van der Waals surface area contributed by atoms with Crippen LogP contribution in [0.5, 0.6) is 0 Å². The van der Waals surface area contributed by atoms with Crippen molar-refractivity contribution in [2.75, 3.05) is 11.6 Å². The lowest BCUT2D eigenvalue weighted by atomic mass is 10.2. The number of anilines is 1. The van der Waals surface area contributed by atoms with Gasteiger partial charge in [-0.05, 0) is 44.2 Å². The molecular weight excluding hydrogens is 371 g/mol. The molecule has 0 atom stereocenters. The highest BCUT2D eigenvalue weighted by atomic mass is 32.2. The monoisotopic (exact) mass is 390 g/mol. The number of aromatic nitrogens is 3. The van der Waals surface area contributed by atoms with E-state index in [2.05, 4.69) is 10.4 Å². The van der Waals surface area contributed by atoms with Crippen LogP contribution in [0.2, 0.25) is 0 Å². The number of hydrogen-bond donors (Lipinski definition) is 1. The van der Waals surface area contributed by atoms with Crippen molar-refractivity contribution in [2.45, 2.75) is 18.7 Å². The van der Waals surface area contributed by atoms with Gasteiger partial charge in [0.05, 0.1) is 16.8 Å². The second kappa shape index (κ2) is 6.66. The van der Waals surface area contributed by atoms with Gasteiger partial charge in [0.15, 0.2) is 9.84 Å². The van der Waals surface area contributed by atoms with E-state index in [9.17, 15) is 17.6 Å². The van der Waals surface area contributed by atoms with Crippen molar-refractivity contribution < 1.29 is 17.6 Å². The minimum atomic E-state index is -3.53. The number of hydrogen-bond acceptors (Lipinski definition) is 4. The largest absolute Gasteiger partial charge is 0.319 e. The van der Waals surface area contributed by atoms with E-state index in [1.165, 1.54) is 6.20 Å². The zero-order chi connectivity index (χ0) is 19.9. The number of halogens is 1. The molecule has 0 bridgehead atoms. The molecule has 3 aromatic rings. The van der Waals surface area contributed by atoms with Crippen molar-refractivity contribution in [3.05, 3.63) is 59.3 Å². The van der Waals surface area contributed by atoms with E-state index < -0.39 is 21.6 Å². The molecule has 0 radical (unpaired) electrons. The second-order valence-corrected chi connectivity index (χ2v) is 8.34. The molecule has 0 aliphatic heterocycles. The molecule has 9 heteroatoms.